The highest BCUT2D eigenvalue weighted by Crippen LogP contribution is 2.52. The van der Waals surface area contributed by atoms with Gasteiger partial charge in [0.25, 0.3) is 5.91 Å². The molecule has 1 heterocycles. The molecule has 2 atom stereocenters. The summed E-state index contributed by atoms with van der Waals surface area (Å²) in [5, 5.41) is -0.159. The quantitative estimate of drug-likeness (QED) is 0.256. The van der Waals surface area contributed by atoms with Gasteiger partial charge in [-0.3, -0.25) is 4.79 Å². The average Bonchev–Trinajstić information content (AvgIpc) is 2.91. The molecule has 0 saturated carbocycles. The topological polar surface area (TPSA) is 20.3 Å². The molecule has 0 saturated heterocycles. The highest BCUT2D eigenvalue weighted by Gasteiger charge is 2.51. The molecule has 0 bridgehead atoms. The fourth-order valence-electron chi connectivity index (χ4n) is 5.15. The van der Waals surface area contributed by atoms with Crippen LogP contribution in [-0.2, 0) is 12.0 Å². The van der Waals surface area contributed by atoms with Crippen LogP contribution in [0.2, 0.25) is 0 Å². The Morgan fingerprint density at radius 1 is 0.857 bits per heavy atom. The van der Waals surface area contributed by atoms with Crippen LogP contribution in [0.3, 0.4) is 0 Å². The second-order valence-corrected chi connectivity index (χ2v) is 10.2. The number of carbonyl (C=O) groups is 1. The molecule has 4 aromatic carbocycles. The Kier molecular flexibility index (Phi) is 6.61. The van der Waals surface area contributed by atoms with Gasteiger partial charge in [0.1, 0.15) is 0 Å². The van der Waals surface area contributed by atoms with E-state index in [0.29, 0.717) is 6.54 Å². The first-order valence-corrected chi connectivity index (χ1v) is 12.9. The van der Waals surface area contributed by atoms with Gasteiger partial charge in [0.2, 0.25) is 0 Å². The molecule has 1 aliphatic rings. The van der Waals surface area contributed by atoms with Crippen molar-refractivity contribution in [2.45, 2.75) is 35.6 Å². The monoisotopic (exact) mass is 475 g/mol. The molecule has 174 valence electrons. The van der Waals surface area contributed by atoms with E-state index in [1.807, 2.05) is 42.5 Å². The lowest BCUT2D eigenvalue weighted by Gasteiger charge is -2.50. The average molecular weight is 476 g/mol. The second-order valence-electron chi connectivity index (χ2n) is 9.08. The van der Waals surface area contributed by atoms with Crippen LogP contribution >= 0.6 is 11.8 Å². The number of fused-ring (bicyclic) bond motifs is 1. The number of nitrogens with zero attached hydrogens (tertiary/aromatic N) is 1. The smallest absolute Gasteiger partial charge is 0.255 e. The summed E-state index contributed by atoms with van der Waals surface area (Å²) < 4.78 is 0. The van der Waals surface area contributed by atoms with Crippen LogP contribution in [0.5, 0.6) is 0 Å². The number of hydrogen-bond acceptors (Lipinski definition) is 2. The van der Waals surface area contributed by atoms with E-state index in [1.54, 1.807) is 11.8 Å². The van der Waals surface area contributed by atoms with E-state index < -0.39 is 5.41 Å². The number of benzene rings is 4. The predicted molar refractivity (Wildman–Crippen MR) is 146 cm³/mol. The van der Waals surface area contributed by atoms with Crippen molar-refractivity contribution in [3.8, 4) is 0 Å². The minimum atomic E-state index is -0.447. The fraction of sp³-hybridized carbons (Fsp3) is 0.156. The van der Waals surface area contributed by atoms with Crippen molar-refractivity contribution in [3.05, 3.63) is 150 Å². The van der Waals surface area contributed by atoms with Gasteiger partial charge in [-0.05, 0) is 48.2 Å². The van der Waals surface area contributed by atoms with Crippen LogP contribution in [0, 0.1) is 6.92 Å². The normalized spacial score (nSPS) is 19.3. The van der Waals surface area contributed by atoms with Gasteiger partial charge in [0.05, 0.1) is 10.8 Å². The van der Waals surface area contributed by atoms with E-state index in [-0.39, 0.29) is 11.3 Å². The first kappa shape index (κ1) is 23.2. The number of aryl methyl sites for hydroxylation is 1. The number of carbonyl (C=O) groups excluding carboxylic acids is 1. The summed E-state index contributed by atoms with van der Waals surface area (Å²) in [6.07, 6.45) is 2.72. The molecule has 0 spiro atoms. The van der Waals surface area contributed by atoms with Crippen LogP contribution in [0.4, 0.5) is 0 Å². The van der Waals surface area contributed by atoms with Gasteiger partial charge in [0, 0.05) is 17.0 Å². The largest absolute Gasteiger partial charge is 0.321 e. The molecule has 0 aliphatic carbocycles. The maximum Gasteiger partial charge on any atom is 0.255 e. The van der Waals surface area contributed by atoms with Crippen molar-refractivity contribution < 1.29 is 4.79 Å². The molecule has 5 rings (SSSR count). The zero-order valence-corrected chi connectivity index (χ0v) is 20.7. The molecule has 0 unspecified atom stereocenters. The molecular formula is C32H29NOS. The lowest BCUT2D eigenvalue weighted by Crippen LogP contribution is -2.56. The van der Waals surface area contributed by atoms with Crippen LogP contribution in [0.25, 0.3) is 0 Å². The van der Waals surface area contributed by atoms with Crippen LogP contribution < -0.4 is 0 Å². The molecule has 1 aliphatic heterocycles. The number of amides is 1. The molecule has 0 fully saturated rings. The van der Waals surface area contributed by atoms with Gasteiger partial charge in [-0.1, -0.05) is 114 Å². The number of hydrogen-bond donors (Lipinski definition) is 0. The standard InChI is InChI=1S/C32H29NOS/c1-3-22-32(26-14-8-5-9-15-26)29-17-11-10-16-28(29)30(34)33(23-25-12-6-4-7-13-25)31(32)35-27-20-18-24(2)19-21-27/h3-21,31H,1,22-23H2,2H3/t31-,32+/m0/s1. The maximum atomic E-state index is 14.1. The van der Waals surface area contributed by atoms with Crippen molar-refractivity contribution in [3.63, 3.8) is 0 Å². The third-order valence-corrected chi connectivity index (χ3v) is 8.25. The zero-order chi connectivity index (χ0) is 24.3. The summed E-state index contributed by atoms with van der Waals surface area (Å²) in [6, 6.07) is 37.6. The molecule has 2 nitrogen and oxygen atoms in total. The molecule has 1 amide bonds. The van der Waals surface area contributed by atoms with Gasteiger partial charge in [-0.25, -0.2) is 0 Å². The maximum absolute atomic E-state index is 14.1. The van der Waals surface area contributed by atoms with E-state index in [4.69, 9.17) is 0 Å². The van der Waals surface area contributed by atoms with E-state index in [9.17, 15) is 4.79 Å². The lowest BCUT2D eigenvalue weighted by atomic mass is 9.67. The Balaban J connectivity index is 1.76. The number of allylic oxidation sites excluding steroid dienone is 1. The Bertz CT molecular complexity index is 1320. The highest BCUT2D eigenvalue weighted by atomic mass is 32.2. The summed E-state index contributed by atoms with van der Waals surface area (Å²) in [4.78, 5) is 17.3. The molecule has 0 radical (unpaired) electrons. The van der Waals surface area contributed by atoms with Crippen molar-refractivity contribution in [2.24, 2.45) is 0 Å². The fourth-order valence-corrected chi connectivity index (χ4v) is 6.56. The van der Waals surface area contributed by atoms with Gasteiger partial charge in [0.15, 0.2) is 0 Å². The SMILES string of the molecule is C=CC[C@@]1(c2ccccc2)c2ccccc2C(=O)N(Cc2ccccc2)[C@H]1Sc1ccc(C)cc1. The third-order valence-electron chi connectivity index (χ3n) is 6.82. The zero-order valence-electron chi connectivity index (χ0n) is 19.9. The lowest BCUT2D eigenvalue weighted by molar-refractivity contribution is 0.0640. The highest BCUT2D eigenvalue weighted by molar-refractivity contribution is 8.00. The Morgan fingerprint density at radius 3 is 2.17 bits per heavy atom. The van der Waals surface area contributed by atoms with E-state index in [2.05, 4.69) is 91.2 Å². The van der Waals surface area contributed by atoms with Gasteiger partial charge in [-0.15, -0.1) is 6.58 Å². The number of rotatable bonds is 7. The van der Waals surface area contributed by atoms with E-state index >= 15 is 0 Å². The Morgan fingerprint density at radius 2 is 1.49 bits per heavy atom. The Hall–Kier alpha value is -3.56. The van der Waals surface area contributed by atoms with Crippen LogP contribution in [-0.4, -0.2) is 16.2 Å². The summed E-state index contributed by atoms with van der Waals surface area (Å²) in [5.41, 5.74) is 4.94. The van der Waals surface area contributed by atoms with Crippen molar-refractivity contribution in [1.29, 1.82) is 0 Å². The molecule has 0 aromatic heterocycles. The number of thioether (sulfide) groups is 1. The molecule has 35 heavy (non-hydrogen) atoms. The van der Waals surface area contributed by atoms with Crippen LogP contribution in [0.1, 0.15) is 39.0 Å². The first-order valence-electron chi connectivity index (χ1n) is 12.0. The summed E-state index contributed by atoms with van der Waals surface area (Å²) in [7, 11) is 0. The van der Waals surface area contributed by atoms with Crippen LogP contribution in [0.15, 0.2) is 127 Å². The van der Waals surface area contributed by atoms with Gasteiger partial charge in [-0.2, -0.15) is 0 Å². The molecule has 3 heteroatoms. The molecular weight excluding hydrogens is 446 g/mol. The van der Waals surface area contributed by atoms with Crippen molar-refractivity contribution >= 4 is 17.7 Å². The minimum absolute atomic E-state index is 0.0738. The molecule has 0 N–H and O–H groups in total. The summed E-state index contributed by atoms with van der Waals surface area (Å²) >= 11 is 1.77. The van der Waals surface area contributed by atoms with Crippen molar-refractivity contribution in [2.75, 3.05) is 0 Å². The van der Waals surface area contributed by atoms with E-state index in [0.717, 1.165) is 28.0 Å². The predicted octanol–water partition coefficient (Wildman–Crippen LogP) is 7.63. The Labute approximate surface area is 212 Å². The molecule has 4 aromatic rings. The second kappa shape index (κ2) is 9.97. The summed E-state index contributed by atoms with van der Waals surface area (Å²) in [6.45, 7) is 6.81. The summed E-state index contributed by atoms with van der Waals surface area (Å²) in [5.74, 6) is 0.0738. The van der Waals surface area contributed by atoms with Crippen molar-refractivity contribution in [1.82, 2.24) is 4.90 Å². The third kappa shape index (κ3) is 4.33. The first-order chi connectivity index (χ1) is 17.1. The van der Waals surface area contributed by atoms with Gasteiger partial charge >= 0.3 is 0 Å². The minimum Gasteiger partial charge on any atom is -0.321 e. The van der Waals surface area contributed by atoms with Gasteiger partial charge < -0.3 is 4.90 Å². The van der Waals surface area contributed by atoms with E-state index in [1.165, 1.54) is 11.1 Å².